The fourth-order valence-electron chi connectivity index (χ4n) is 3.53. The van der Waals surface area contributed by atoms with Crippen LogP contribution in [0.1, 0.15) is 15.9 Å². The Kier molecular flexibility index (Phi) is 6.33. The number of aromatic nitrogens is 2. The van der Waals surface area contributed by atoms with Gasteiger partial charge in [-0.1, -0.05) is 36.4 Å². The molecule has 6 heteroatoms. The first-order valence-electron chi connectivity index (χ1n) is 10.4. The number of anilines is 1. The molecule has 4 aromatic rings. The number of para-hydroxylation sites is 2. The van der Waals surface area contributed by atoms with E-state index in [0.29, 0.717) is 11.3 Å². The second-order valence-electron chi connectivity index (χ2n) is 7.75. The van der Waals surface area contributed by atoms with Crippen LogP contribution in [0.3, 0.4) is 0 Å². The second-order valence-corrected chi connectivity index (χ2v) is 7.75. The van der Waals surface area contributed by atoms with Gasteiger partial charge in [-0.25, -0.2) is 4.68 Å². The van der Waals surface area contributed by atoms with Gasteiger partial charge >= 0.3 is 0 Å². The number of rotatable bonds is 7. The monoisotopic (exact) mass is 426 g/mol. The summed E-state index contributed by atoms with van der Waals surface area (Å²) in [6.45, 7) is 0.727. The van der Waals surface area contributed by atoms with Gasteiger partial charge in [0.15, 0.2) is 0 Å². The van der Waals surface area contributed by atoms with Crippen molar-refractivity contribution in [3.8, 4) is 22.7 Å². The Labute approximate surface area is 188 Å². The second kappa shape index (κ2) is 9.49. The minimum atomic E-state index is -0.204. The Hall–Kier alpha value is -3.90. The van der Waals surface area contributed by atoms with Crippen molar-refractivity contribution in [2.45, 2.75) is 6.54 Å². The molecule has 6 nitrogen and oxygen atoms in total. The summed E-state index contributed by atoms with van der Waals surface area (Å²) in [6, 6.07) is 25.2. The maximum absolute atomic E-state index is 13.4. The van der Waals surface area contributed by atoms with Crippen molar-refractivity contribution in [1.82, 2.24) is 14.7 Å². The van der Waals surface area contributed by atoms with E-state index in [-0.39, 0.29) is 5.91 Å². The molecule has 0 radical (unpaired) electrons. The summed E-state index contributed by atoms with van der Waals surface area (Å²) in [5.74, 6) is 0.545. The van der Waals surface area contributed by atoms with Gasteiger partial charge in [0.2, 0.25) is 0 Å². The van der Waals surface area contributed by atoms with E-state index < -0.39 is 0 Å². The van der Waals surface area contributed by atoms with Crippen LogP contribution in [0.25, 0.3) is 16.9 Å². The number of hydrogen-bond donors (Lipinski definition) is 1. The molecule has 0 fully saturated rings. The van der Waals surface area contributed by atoms with Crippen LogP contribution < -0.4 is 10.1 Å². The largest absolute Gasteiger partial charge is 0.497 e. The van der Waals surface area contributed by atoms with Crippen LogP contribution in [0.4, 0.5) is 5.69 Å². The standard InChI is InChI=1S/C26H26N4O2/c1-29(2)17-20-9-7-8-12-24(20)27-26(31)23-18-30(21-10-5-4-6-11-21)28-25(23)19-13-15-22(32-3)16-14-19/h4-16,18H,17H2,1-3H3,(H,27,31). The lowest BCUT2D eigenvalue weighted by molar-refractivity contribution is 0.102. The highest BCUT2D eigenvalue weighted by Gasteiger charge is 2.20. The summed E-state index contributed by atoms with van der Waals surface area (Å²) in [6.07, 6.45) is 1.78. The van der Waals surface area contributed by atoms with Crippen molar-refractivity contribution in [1.29, 1.82) is 0 Å². The van der Waals surface area contributed by atoms with Crippen LogP contribution in [0.5, 0.6) is 5.75 Å². The molecule has 0 saturated carbocycles. The highest BCUT2D eigenvalue weighted by atomic mass is 16.5. The van der Waals surface area contributed by atoms with E-state index in [4.69, 9.17) is 9.84 Å². The molecule has 0 saturated heterocycles. The van der Waals surface area contributed by atoms with Gasteiger partial charge in [-0.15, -0.1) is 0 Å². The highest BCUT2D eigenvalue weighted by Crippen LogP contribution is 2.27. The molecule has 3 aromatic carbocycles. The number of carbonyl (C=O) groups is 1. The zero-order valence-corrected chi connectivity index (χ0v) is 18.4. The Morgan fingerprint density at radius 1 is 0.969 bits per heavy atom. The summed E-state index contributed by atoms with van der Waals surface area (Å²) >= 11 is 0. The third-order valence-electron chi connectivity index (χ3n) is 5.10. The smallest absolute Gasteiger partial charge is 0.259 e. The number of methoxy groups -OCH3 is 1. The summed E-state index contributed by atoms with van der Waals surface area (Å²) in [4.78, 5) is 15.5. The Bertz CT molecular complexity index is 1200. The fraction of sp³-hybridized carbons (Fsp3) is 0.154. The predicted molar refractivity (Wildman–Crippen MR) is 127 cm³/mol. The van der Waals surface area contributed by atoms with Crippen LogP contribution in [-0.2, 0) is 6.54 Å². The number of nitrogens with zero attached hydrogens (tertiary/aromatic N) is 3. The van der Waals surface area contributed by atoms with Crippen molar-refractivity contribution >= 4 is 11.6 Å². The van der Waals surface area contributed by atoms with E-state index in [0.717, 1.165) is 34.8 Å². The quantitative estimate of drug-likeness (QED) is 0.458. The molecule has 1 amide bonds. The average Bonchev–Trinajstić information content (AvgIpc) is 3.26. The average molecular weight is 427 g/mol. The molecule has 0 aliphatic carbocycles. The number of carbonyl (C=O) groups excluding carboxylic acids is 1. The third kappa shape index (κ3) is 4.71. The number of hydrogen-bond acceptors (Lipinski definition) is 4. The van der Waals surface area contributed by atoms with Crippen LogP contribution in [0, 0.1) is 0 Å². The van der Waals surface area contributed by atoms with Gasteiger partial charge in [-0.05, 0) is 62.1 Å². The van der Waals surface area contributed by atoms with E-state index in [1.807, 2.05) is 93.0 Å². The maximum Gasteiger partial charge on any atom is 0.259 e. The van der Waals surface area contributed by atoms with Crippen LogP contribution in [0.15, 0.2) is 85.1 Å². The fourth-order valence-corrected chi connectivity index (χ4v) is 3.53. The molecule has 0 aliphatic rings. The lowest BCUT2D eigenvalue weighted by atomic mass is 10.1. The topological polar surface area (TPSA) is 59.4 Å². The van der Waals surface area contributed by atoms with Gasteiger partial charge in [-0.3, -0.25) is 4.79 Å². The van der Waals surface area contributed by atoms with Crippen molar-refractivity contribution in [2.75, 3.05) is 26.5 Å². The SMILES string of the molecule is COc1ccc(-c2nn(-c3ccccc3)cc2C(=O)Nc2ccccc2CN(C)C)cc1. The summed E-state index contributed by atoms with van der Waals surface area (Å²) in [5.41, 5.74) is 4.67. The van der Waals surface area contributed by atoms with Gasteiger partial charge in [-0.2, -0.15) is 5.10 Å². The molecular formula is C26H26N4O2. The summed E-state index contributed by atoms with van der Waals surface area (Å²) < 4.78 is 7.01. The lowest BCUT2D eigenvalue weighted by Crippen LogP contribution is -2.17. The minimum absolute atomic E-state index is 0.204. The highest BCUT2D eigenvalue weighted by molar-refractivity contribution is 6.08. The van der Waals surface area contributed by atoms with E-state index >= 15 is 0 Å². The Morgan fingerprint density at radius 3 is 2.34 bits per heavy atom. The molecule has 0 aliphatic heterocycles. The number of benzene rings is 3. The van der Waals surface area contributed by atoms with Crippen LogP contribution in [0.2, 0.25) is 0 Å². The van der Waals surface area contributed by atoms with Gasteiger partial charge in [0.1, 0.15) is 11.4 Å². The van der Waals surface area contributed by atoms with Crippen LogP contribution in [-0.4, -0.2) is 41.8 Å². The first-order valence-corrected chi connectivity index (χ1v) is 10.4. The van der Waals surface area contributed by atoms with Gasteiger partial charge in [0, 0.05) is 24.0 Å². The summed E-state index contributed by atoms with van der Waals surface area (Å²) in [5, 5.41) is 7.83. The van der Waals surface area contributed by atoms with Crippen molar-refractivity contribution in [3.63, 3.8) is 0 Å². The molecule has 1 N–H and O–H groups in total. The molecule has 32 heavy (non-hydrogen) atoms. The maximum atomic E-state index is 13.4. The molecule has 0 bridgehead atoms. The summed E-state index contributed by atoms with van der Waals surface area (Å²) in [7, 11) is 5.64. The van der Waals surface area contributed by atoms with Crippen molar-refractivity contribution in [2.24, 2.45) is 0 Å². The van der Waals surface area contributed by atoms with Gasteiger partial charge in [0.25, 0.3) is 5.91 Å². The van der Waals surface area contributed by atoms with E-state index in [1.54, 1.807) is 18.0 Å². The molecule has 0 atom stereocenters. The molecule has 162 valence electrons. The molecule has 1 aromatic heterocycles. The zero-order valence-electron chi connectivity index (χ0n) is 18.4. The zero-order chi connectivity index (χ0) is 22.5. The van der Waals surface area contributed by atoms with Crippen LogP contribution >= 0.6 is 0 Å². The van der Waals surface area contributed by atoms with Crippen molar-refractivity contribution < 1.29 is 9.53 Å². The molecule has 1 heterocycles. The lowest BCUT2D eigenvalue weighted by Gasteiger charge is -2.15. The number of amides is 1. The first-order chi connectivity index (χ1) is 15.5. The minimum Gasteiger partial charge on any atom is -0.497 e. The Morgan fingerprint density at radius 2 is 1.66 bits per heavy atom. The predicted octanol–water partition coefficient (Wildman–Crippen LogP) is 4.86. The molecule has 0 unspecified atom stereocenters. The molecule has 0 spiro atoms. The van der Waals surface area contributed by atoms with E-state index in [1.165, 1.54) is 0 Å². The number of ether oxygens (including phenoxy) is 1. The van der Waals surface area contributed by atoms with Gasteiger partial charge < -0.3 is 15.0 Å². The normalized spacial score (nSPS) is 10.9. The number of nitrogens with one attached hydrogen (secondary N) is 1. The third-order valence-corrected chi connectivity index (χ3v) is 5.10. The van der Waals surface area contributed by atoms with E-state index in [9.17, 15) is 4.79 Å². The van der Waals surface area contributed by atoms with Crippen molar-refractivity contribution in [3.05, 3.63) is 96.2 Å². The van der Waals surface area contributed by atoms with Gasteiger partial charge in [0.05, 0.1) is 18.4 Å². The molecule has 4 rings (SSSR count). The first kappa shape index (κ1) is 21.3. The van der Waals surface area contributed by atoms with E-state index in [2.05, 4.69) is 10.2 Å². The molecular weight excluding hydrogens is 400 g/mol. The Balaban J connectivity index is 1.73.